The number of primary amides is 1. The van der Waals surface area contributed by atoms with Crippen LogP contribution in [0.5, 0.6) is 10.9 Å². The molecule has 5 rings (SSSR count). The van der Waals surface area contributed by atoms with E-state index in [1.807, 2.05) is 36.4 Å². The molecule has 1 aromatic heterocycles. The van der Waals surface area contributed by atoms with Crippen LogP contribution in [0.25, 0.3) is 10.2 Å². The SMILES string of the molecule is NC(=O)N1CC2CC1CN2Cc1ccc(Oc2nc3ccccc3s2)cc1. The molecule has 6 nitrogen and oxygen atoms in total. The van der Waals surface area contributed by atoms with Gasteiger partial charge < -0.3 is 15.4 Å². The van der Waals surface area contributed by atoms with Crippen molar-refractivity contribution in [2.24, 2.45) is 5.73 Å². The molecule has 2 aliphatic heterocycles. The van der Waals surface area contributed by atoms with Gasteiger partial charge in [-0.15, -0.1) is 0 Å². The van der Waals surface area contributed by atoms with Gasteiger partial charge in [-0.25, -0.2) is 9.78 Å². The minimum Gasteiger partial charge on any atom is -0.431 e. The minimum atomic E-state index is -0.293. The largest absolute Gasteiger partial charge is 0.431 e. The fourth-order valence-corrected chi connectivity index (χ4v) is 4.94. The van der Waals surface area contributed by atoms with Crippen LogP contribution in [0.4, 0.5) is 4.79 Å². The monoisotopic (exact) mass is 380 g/mol. The Labute approximate surface area is 161 Å². The summed E-state index contributed by atoms with van der Waals surface area (Å²) in [5, 5.41) is 0.660. The Morgan fingerprint density at radius 1 is 1.15 bits per heavy atom. The average molecular weight is 380 g/mol. The number of hydrogen-bond acceptors (Lipinski definition) is 5. The van der Waals surface area contributed by atoms with E-state index in [2.05, 4.69) is 22.0 Å². The maximum atomic E-state index is 11.4. The minimum absolute atomic E-state index is 0.272. The number of rotatable bonds is 4. The number of nitrogens with two attached hydrogens (primary N) is 1. The summed E-state index contributed by atoms with van der Waals surface area (Å²) in [6.07, 6.45) is 1.03. The zero-order valence-electron chi connectivity index (χ0n) is 14.7. The van der Waals surface area contributed by atoms with Crippen molar-refractivity contribution in [3.8, 4) is 10.9 Å². The molecule has 0 spiro atoms. The number of hydrogen-bond donors (Lipinski definition) is 1. The first-order valence-corrected chi connectivity index (χ1v) is 9.90. The molecule has 0 radical (unpaired) electrons. The normalized spacial score (nSPS) is 21.9. The molecule has 2 atom stereocenters. The summed E-state index contributed by atoms with van der Waals surface area (Å²) >= 11 is 1.55. The molecule has 2 aromatic carbocycles. The van der Waals surface area contributed by atoms with Crippen molar-refractivity contribution in [2.75, 3.05) is 13.1 Å². The molecule has 2 aliphatic rings. The van der Waals surface area contributed by atoms with Crippen LogP contribution in [-0.2, 0) is 6.54 Å². The molecule has 138 valence electrons. The quantitative estimate of drug-likeness (QED) is 0.753. The van der Waals surface area contributed by atoms with Gasteiger partial charge in [0.05, 0.1) is 10.2 Å². The van der Waals surface area contributed by atoms with E-state index < -0.39 is 0 Å². The molecule has 2 fully saturated rings. The van der Waals surface area contributed by atoms with Crippen molar-refractivity contribution in [1.82, 2.24) is 14.8 Å². The van der Waals surface area contributed by atoms with Gasteiger partial charge in [-0.05, 0) is 36.2 Å². The predicted molar refractivity (Wildman–Crippen MR) is 105 cm³/mol. The highest BCUT2D eigenvalue weighted by Crippen LogP contribution is 2.33. The van der Waals surface area contributed by atoms with Crippen molar-refractivity contribution in [1.29, 1.82) is 0 Å². The summed E-state index contributed by atoms with van der Waals surface area (Å²) in [5.74, 6) is 0.792. The number of urea groups is 1. The van der Waals surface area contributed by atoms with Gasteiger partial charge in [0.15, 0.2) is 0 Å². The van der Waals surface area contributed by atoms with E-state index in [0.717, 1.165) is 42.0 Å². The van der Waals surface area contributed by atoms with Crippen molar-refractivity contribution in [3.05, 3.63) is 54.1 Å². The van der Waals surface area contributed by atoms with Crippen LogP contribution in [-0.4, -0.2) is 46.0 Å². The van der Waals surface area contributed by atoms with E-state index in [1.165, 1.54) is 5.56 Å². The van der Waals surface area contributed by atoms with Crippen molar-refractivity contribution in [2.45, 2.75) is 25.0 Å². The first-order chi connectivity index (χ1) is 13.2. The second-order valence-corrected chi connectivity index (χ2v) is 8.15. The summed E-state index contributed by atoms with van der Waals surface area (Å²) in [4.78, 5) is 20.2. The molecule has 27 heavy (non-hydrogen) atoms. The Kier molecular flexibility index (Phi) is 3.98. The Bertz CT molecular complexity index is 954. The first-order valence-electron chi connectivity index (χ1n) is 9.08. The highest BCUT2D eigenvalue weighted by molar-refractivity contribution is 7.20. The number of amides is 2. The van der Waals surface area contributed by atoms with Crippen molar-refractivity contribution in [3.63, 3.8) is 0 Å². The zero-order valence-corrected chi connectivity index (χ0v) is 15.6. The van der Waals surface area contributed by atoms with Gasteiger partial charge in [-0.1, -0.05) is 35.6 Å². The van der Waals surface area contributed by atoms with E-state index in [0.29, 0.717) is 11.2 Å². The number of nitrogens with zero attached hydrogens (tertiary/aromatic N) is 3. The number of para-hydroxylation sites is 1. The van der Waals surface area contributed by atoms with Crippen LogP contribution < -0.4 is 10.5 Å². The number of thiazole rings is 1. The fourth-order valence-electron chi connectivity index (χ4n) is 4.11. The third-order valence-electron chi connectivity index (χ3n) is 5.43. The van der Waals surface area contributed by atoms with Crippen LogP contribution >= 0.6 is 11.3 Å². The lowest BCUT2D eigenvalue weighted by Gasteiger charge is -2.33. The third kappa shape index (κ3) is 3.13. The number of likely N-dealkylation sites (tertiary alicyclic amines) is 2. The van der Waals surface area contributed by atoms with Gasteiger partial charge in [-0.2, -0.15) is 0 Å². The first kappa shape index (κ1) is 16.5. The molecule has 2 unspecified atom stereocenters. The second-order valence-electron chi connectivity index (χ2n) is 7.16. The maximum Gasteiger partial charge on any atom is 0.315 e. The number of aromatic nitrogens is 1. The molecule has 2 saturated heterocycles. The van der Waals surface area contributed by atoms with Gasteiger partial charge in [-0.3, -0.25) is 4.90 Å². The molecule has 7 heteroatoms. The highest BCUT2D eigenvalue weighted by Gasteiger charge is 2.44. The predicted octanol–water partition coefficient (Wildman–Crippen LogP) is 3.43. The van der Waals surface area contributed by atoms with Crippen LogP contribution in [0.3, 0.4) is 0 Å². The molecule has 3 aromatic rings. The lowest BCUT2D eigenvalue weighted by Crippen LogP contribution is -2.50. The topological polar surface area (TPSA) is 71.7 Å². The van der Waals surface area contributed by atoms with Crippen molar-refractivity contribution < 1.29 is 9.53 Å². The molecular weight excluding hydrogens is 360 g/mol. The summed E-state index contributed by atoms with van der Waals surface area (Å²) in [6, 6.07) is 16.6. The Morgan fingerprint density at radius 3 is 2.67 bits per heavy atom. The van der Waals surface area contributed by atoms with E-state index in [4.69, 9.17) is 10.5 Å². The lowest BCUT2D eigenvalue weighted by molar-refractivity contribution is 0.137. The van der Waals surface area contributed by atoms with E-state index in [-0.39, 0.29) is 12.1 Å². The molecule has 3 heterocycles. The van der Waals surface area contributed by atoms with Crippen molar-refractivity contribution >= 4 is 27.6 Å². The number of fused-ring (bicyclic) bond motifs is 3. The molecule has 2 N–H and O–H groups in total. The van der Waals surface area contributed by atoms with Crippen LogP contribution in [0.2, 0.25) is 0 Å². The second kappa shape index (κ2) is 6.51. The Balaban J connectivity index is 1.23. The van der Waals surface area contributed by atoms with E-state index in [9.17, 15) is 4.79 Å². The highest BCUT2D eigenvalue weighted by atomic mass is 32.1. The van der Waals surface area contributed by atoms with E-state index >= 15 is 0 Å². The van der Waals surface area contributed by atoms with Crippen LogP contribution in [0, 0.1) is 0 Å². The molecular formula is C20H20N4O2S. The number of piperazine rings is 1. The van der Waals surface area contributed by atoms with Crippen LogP contribution in [0.1, 0.15) is 12.0 Å². The number of benzene rings is 2. The van der Waals surface area contributed by atoms with Gasteiger partial charge in [0.25, 0.3) is 5.19 Å². The van der Waals surface area contributed by atoms with Crippen LogP contribution in [0.15, 0.2) is 48.5 Å². The average Bonchev–Trinajstić information content (AvgIpc) is 3.36. The molecule has 0 aliphatic carbocycles. The molecule has 0 saturated carbocycles. The maximum absolute atomic E-state index is 11.4. The summed E-state index contributed by atoms with van der Waals surface area (Å²) in [7, 11) is 0. The van der Waals surface area contributed by atoms with Gasteiger partial charge in [0.2, 0.25) is 0 Å². The lowest BCUT2D eigenvalue weighted by atomic mass is 10.2. The molecule has 2 amide bonds. The summed E-state index contributed by atoms with van der Waals surface area (Å²) in [6.45, 7) is 2.53. The third-order valence-corrected chi connectivity index (χ3v) is 6.34. The fraction of sp³-hybridized carbons (Fsp3) is 0.300. The number of ether oxygens (including phenoxy) is 1. The number of carbonyl (C=O) groups excluding carboxylic acids is 1. The Morgan fingerprint density at radius 2 is 1.96 bits per heavy atom. The van der Waals surface area contributed by atoms with E-state index in [1.54, 1.807) is 16.2 Å². The molecule has 2 bridgehead atoms. The van der Waals surface area contributed by atoms with Gasteiger partial charge >= 0.3 is 6.03 Å². The summed E-state index contributed by atoms with van der Waals surface area (Å²) in [5.41, 5.74) is 7.64. The summed E-state index contributed by atoms with van der Waals surface area (Å²) < 4.78 is 7.04. The Hall–Kier alpha value is -2.64. The van der Waals surface area contributed by atoms with Gasteiger partial charge in [0, 0.05) is 31.7 Å². The standard InChI is InChI=1S/C20H20N4O2S/c21-19(25)24-12-14-9-15(24)11-23(14)10-13-5-7-16(8-6-13)26-20-22-17-3-1-2-4-18(17)27-20/h1-8,14-15H,9-12H2,(H2,21,25). The number of carbonyl (C=O) groups is 1. The zero-order chi connectivity index (χ0) is 18.4. The smallest absolute Gasteiger partial charge is 0.315 e. The van der Waals surface area contributed by atoms with Gasteiger partial charge in [0.1, 0.15) is 5.75 Å².